The molecule has 0 aromatic heterocycles. The zero-order valence-electron chi connectivity index (χ0n) is 64.5. The third kappa shape index (κ3) is 81.1. The van der Waals surface area contributed by atoms with Crippen LogP contribution in [0.3, 0.4) is 0 Å². The lowest BCUT2D eigenvalue weighted by Crippen LogP contribution is -2.37. The van der Waals surface area contributed by atoms with Gasteiger partial charge < -0.3 is 18.9 Å². The zero-order chi connectivity index (χ0) is 71.1. The van der Waals surface area contributed by atoms with Gasteiger partial charge in [-0.05, 0) is 116 Å². The maximum atomic E-state index is 12.9. The van der Waals surface area contributed by atoms with Crippen LogP contribution >= 0.6 is 7.82 Å². The number of hydrogen-bond donors (Lipinski definition) is 1. The van der Waals surface area contributed by atoms with E-state index in [2.05, 4.69) is 148 Å². The molecular formula is C88H155NO8P+. The Morgan fingerprint density at radius 2 is 0.582 bits per heavy atom. The summed E-state index contributed by atoms with van der Waals surface area (Å²) < 4.78 is 34.8. The van der Waals surface area contributed by atoms with Gasteiger partial charge in [0.25, 0.3) is 0 Å². The van der Waals surface area contributed by atoms with Crippen molar-refractivity contribution in [2.45, 2.75) is 367 Å². The van der Waals surface area contributed by atoms with Crippen LogP contribution in [0.1, 0.15) is 361 Å². The largest absolute Gasteiger partial charge is 0.472 e. The smallest absolute Gasteiger partial charge is 0.462 e. The fourth-order valence-electron chi connectivity index (χ4n) is 11.5. The van der Waals surface area contributed by atoms with Crippen molar-refractivity contribution < 1.29 is 42.1 Å². The summed E-state index contributed by atoms with van der Waals surface area (Å²) in [5.74, 6) is -0.797. The van der Waals surface area contributed by atoms with Crippen LogP contribution in [-0.4, -0.2) is 74.9 Å². The zero-order valence-corrected chi connectivity index (χ0v) is 65.4. The maximum absolute atomic E-state index is 12.9. The van der Waals surface area contributed by atoms with Crippen molar-refractivity contribution in [1.29, 1.82) is 0 Å². The van der Waals surface area contributed by atoms with E-state index in [1.807, 2.05) is 21.1 Å². The summed E-state index contributed by atoms with van der Waals surface area (Å²) >= 11 is 0. The molecule has 564 valence electrons. The van der Waals surface area contributed by atoms with Crippen molar-refractivity contribution >= 4 is 19.8 Å². The van der Waals surface area contributed by atoms with Crippen molar-refractivity contribution in [3.63, 3.8) is 0 Å². The lowest BCUT2D eigenvalue weighted by atomic mass is 10.0. The minimum Gasteiger partial charge on any atom is -0.462 e. The molecule has 0 aliphatic heterocycles. The number of esters is 2. The molecule has 1 N–H and O–H groups in total. The van der Waals surface area contributed by atoms with Gasteiger partial charge in [0.2, 0.25) is 0 Å². The van der Waals surface area contributed by atoms with Crippen LogP contribution in [0.4, 0.5) is 0 Å². The lowest BCUT2D eigenvalue weighted by molar-refractivity contribution is -0.870. The summed E-state index contributed by atoms with van der Waals surface area (Å²) in [6.07, 6.45) is 113. The molecule has 0 radical (unpaired) electrons. The number of likely N-dealkylation sites (N-methyl/N-ethyl adjacent to an activating group) is 1. The Morgan fingerprint density at radius 1 is 0.327 bits per heavy atom. The van der Waals surface area contributed by atoms with E-state index in [1.54, 1.807) is 0 Å². The number of carbonyl (C=O) groups is 2. The van der Waals surface area contributed by atoms with Gasteiger partial charge in [-0.2, -0.15) is 0 Å². The van der Waals surface area contributed by atoms with Gasteiger partial charge in [0.05, 0.1) is 27.7 Å². The Bertz CT molecular complexity index is 2120. The third-order valence-corrected chi connectivity index (χ3v) is 18.6. The average Bonchev–Trinajstić information content (AvgIpc) is 1.08. The second kappa shape index (κ2) is 77.3. The first-order chi connectivity index (χ1) is 48.0. The molecule has 0 bridgehead atoms. The second-order valence-electron chi connectivity index (χ2n) is 28.4. The molecule has 0 aromatic carbocycles. The molecule has 98 heavy (non-hydrogen) atoms. The highest BCUT2D eigenvalue weighted by Gasteiger charge is 2.27. The van der Waals surface area contributed by atoms with Crippen molar-refractivity contribution in [3.8, 4) is 0 Å². The quantitative estimate of drug-likeness (QED) is 0.0211. The SMILES string of the molecule is CC/C=C\C/C=C\C/C=C\C/C=C\C/C=C\C/C=C\C/C=C\C/C=C\C/C=C\CCCCCCCCCCCC(=O)OC(COC(=O)CCCCCCCCCCCCCCCCCCCCCCCCCCC/C=C\C/C=C\CCCCCCC)COP(=O)(O)OCC[N+](C)(C)C. The molecule has 2 atom stereocenters. The first-order valence-electron chi connectivity index (χ1n) is 40.9. The number of quaternary nitrogens is 1. The van der Waals surface area contributed by atoms with Crippen LogP contribution in [0.15, 0.2) is 134 Å². The van der Waals surface area contributed by atoms with E-state index >= 15 is 0 Å². The Kier molecular flexibility index (Phi) is 74.3. The molecule has 0 aliphatic rings. The monoisotopic (exact) mass is 1390 g/mol. The molecule has 0 heterocycles. The normalized spacial score (nSPS) is 13.7. The molecule has 0 saturated heterocycles. The van der Waals surface area contributed by atoms with E-state index < -0.39 is 26.5 Å². The van der Waals surface area contributed by atoms with Crippen LogP contribution in [0, 0.1) is 0 Å². The van der Waals surface area contributed by atoms with Crippen LogP contribution < -0.4 is 0 Å². The molecule has 2 unspecified atom stereocenters. The van der Waals surface area contributed by atoms with Crippen molar-refractivity contribution in [2.75, 3.05) is 47.5 Å². The third-order valence-electron chi connectivity index (χ3n) is 17.7. The highest BCUT2D eigenvalue weighted by Crippen LogP contribution is 2.43. The molecule has 9 nitrogen and oxygen atoms in total. The summed E-state index contributed by atoms with van der Waals surface area (Å²) in [7, 11) is 1.47. The molecule has 0 fully saturated rings. The van der Waals surface area contributed by atoms with Gasteiger partial charge in [-0.25, -0.2) is 4.57 Å². The molecule has 0 amide bonds. The fourth-order valence-corrected chi connectivity index (χ4v) is 12.2. The number of carbonyl (C=O) groups excluding carboxylic acids is 2. The highest BCUT2D eigenvalue weighted by atomic mass is 31.2. The Labute approximate surface area is 606 Å². The number of hydrogen-bond acceptors (Lipinski definition) is 7. The van der Waals surface area contributed by atoms with Crippen LogP contribution in [-0.2, 0) is 32.7 Å². The van der Waals surface area contributed by atoms with Crippen LogP contribution in [0.2, 0.25) is 0 Å². The molecule has 0 aliphatic carbocycles. The molecule has 0 saturated carbocycles. The van der Waals surface area contributed by atoms with Gasteiger partial charge in [-0.15, -0.1) is 0 Å². The summed E-state index contributed by atoms with van der Waals surface area (Å²) in [5, 5.41) is 0. The minimum atomic E-state index is -4.40. The summed E-state index contributed by atoms with van der Waals surface area (Å²) in [6.45, 7) is 4.33. The number of unbranched alkanes of at least 4 members (excludes halogenated alkanes) is 39. The van der Waals surface area contributed by atoms with Crippen molar-refractivity contribution in [2.24, 2.45) is 0 Å². The first kappa shape index (κ1) is 94.2. The Morgan fingerprint density at radius 3 is 0.867 bits per heavy atom. The minimum absolute atomic E-state index is 0.0264. The summed E-state index contributed by atoms with van der Waals surface area (Å²) in [6, 6.07) is 0. The lowest BCUT2D eigenvalue weighted by Gasteiger charge is -2.24. The number of ether oxygens (including phenoxy) is 2. The van der Waals surface area contributed by atoms with E-state index in [-0.39, 0.29) is 32.0 Å². The summed E-state index contributed by atoms with van der Waals surface area (Å²) in [5.41, 5.74) is 0. The van der Waals surface area contributed by atoms with Gasteiger partial charge in [0.1, 0.15) is 19.8 Å². The molecule has 10 heteroatoms. The topological polar surface area (TPSA) is 108 Å². The van der Waals surface area contributed by atoms with E-state index in [0.29, 0.717) is 17.4 Å². The maximum Gasteiger partial charge on any atom is 0.472 e. The van der Waals surface area contributed by atoms with Gasteiger partial charge in [0.15, 0.2) is 6.10 Å². The highest BCUT2D eigenvalue weighted by molar-refractivity contribution is 7.47. The van der Waals surface area contributed by atoms with E-state index in [0.717, 1.165) is 109 Å². The predicted octanol–water partition coefficient (Wildman–Crippen LogP) is 27.5. The fraction of sp³-hybridized carbons (Fsp3) is 0.727. The van der Waals surface area contributed by atoms with E-state index in [1.165, 1.54) is 218 Å². The van der Waals surface area contributed by atoms with Gasteiger partial charge in [0, 0.05) is 12.8 Å². The number of phosphoric ester groups is 1. The number of rotatable bonds is 75. The van der Waals surface area contributed by atoms with Gasteiger partial charge >= 0.3 is 19.8 Å². The number of allylic oxidation sites excluding steroid dienone is 22. The number of phosphoric acid groups is 1. The van der Waals surface area contributed by atoms with Crippen molar-refractivity contribution in [3.05, 3.63) is 134 Å². The van der Waals surface area contributed by atoms with Gasteiger partial charge in [-0.1, -0.05) is 366 Å². The predicted molar refractivity (Wildman–Crippen MR) is 427 cm³/mol. The first-order valence-corrected chi connectivity index (χ1v) is 42.4. The number of nitrogens with zero attached hydrogens (tertiary/aromatic N) is 1. The summed E-state index contributed by atoms with van der Waals surface area (Å²) in [4.78, 5) is 36.0. The van der Waals surface area contributed by atoms with Crippen molar-refractivity contribution in [1.82, 2.24) is 0 Å². The Balaban J connectivity index is 3.99. The molecule has 0 spiro atoms. The van der Waals surface area contributed by atoms with E-state index in [4.69, 9.17) is 18.5 Å². The van der Waals surface area contributed by atoms with Crippen LogP contribution in [0.5, 0.6) is 0 Å². The van der Waals surface area contributed by atoms with E-state index in [9.17, 15) is 19.0 Å². The standard InChI is InChI=1S/C88H154NO8P/c1-6-8-10-12-14-16-18-20-22-24-26-28-30-32-34-36-38-40-42-44-46-48-50-52-54-56-58-60-62-64-66-68-70-72-74-76-78-80-87(90)94-84-86(85-96-98(92,93)95-83-82-89(3,4)5)97-88(91)81-79-77-75-73-71-69-67-65-63-61-59-57-55-53-51-49-47-45-43-41-39-37-35-33-31-29-27-25-23-21-19-17-15-13-11-9-7-2/h9,11,15,17-18,20-21,23-24,26-27,29,33,35,39,41,45,47,51,53,57,59,86H,6-8,10,12-14,16,19,22,25,28,30-32,34,36-38,40,42-44,46,48-50,52,54-56,58,60-85H2,1-5H3/p+1/b11-9-,17-15-,20-18-,23-21-,26-24-,29-27-,35-33-,41-39-,47-45-,53-51-,59-57-. The second-order valence-corrected chi connectivity index (χ2v) is 29.9. The average molecular weight is 1390 g/mol. The molecule has 0 rings (SSSR count). The molecular weight excluding hydrogens is 1230 g/mol. The Hall–Kier alpha value is -3.85. The van der Waals surface area contributed by atoms with Crippen LogP contribution in [0.25, 0.3) is 0 Å². The molecule has 0 aromatic rings. The van der Waals surface area contributed by atoms with Gasteiger partial charge in [-0.3, -0.25) is 18.6 Å².